The number of esters is 1. The zero-order valence-corrected chi connectivity index (χ0v) is 14.0. The second kappa shape index (κ2) is 7.53. The average Bonchev–Trinajstić information content (AvgIpc) is 2.68. The summed E-state index contributed by atoms with van der Waals surface area (Å²) in [5.74, 6) is -0.952. The first-order chi connectivity index (χ1) is 12.6. The van der Waals surface area contributed by atoms with Crippen molar-refractivity contribution in [2.24, 2.45) is 0 Å². The number of ether oxygens (including phenoxy) is 2. The van der Waals surface area contributed by atoms with Crippen molar-refractivity contribution in [1.82, 2.24) is 0 Å². The molecule has 0 radical (unpaired) electrons. The molecular formula is C21H16O5. The summed E-state index contributed by atoms with van der Waals surface area (Å²) >= 11 is 0. The number of carbonyl (C=O) groups is 2. The predicted octanol–water partition coefficient (Wildman–Crippen LogP) is 4.28. The molecule has 1 N–H and O–H groups in total. The first-order valence-electron chi connectivity index (χ1n) is 7.88. The van der Waals surface area contributed by atoms with Gasteiger partial charge in [-0.3, -0.25) is 0 Å². The van der Waals surface area contributed by atoms with Gasteiger partial charge in [-0.1, -0.05) is 48.5 Å². The Hall–Kier alpha value is -3.60. The summed E-state index contributed by atoms with van der Waals surface area (Å²) < 4.78 is 10.7. The van der Waals surface area contributed by atoms with E-state index in [-0.39, 0.29) is 16.9 Å². The van der Waals surface area contributed by atoms with Crippen molar-refractivity contribution in [1.29, 1.82) is 0 Å². The molecule has 0 atom stereocenters. The van der Waals surface area contributed by atoms with Crippen LogP contribution in [0.25, 0.3) is 11.1 Å². The molecule has 26 heavy (non-hydrogen) atoms. The lowest BCUT2D eigenvalue weighted by Crippen LogP contribution is -2.11. The highest BCUT2D eigenvalue weighted by Gasteiger charge is 2.18. The SMILES string of the molecule is COc1ccccc1C(=O)Oc1ccccc1-c1ccccc1C(=O)O. The van der Waals surface area contributed by atoms with E-state index in [2.05, 4.69) is 0 Å². The fourth-order valence-corrected chi connectivity index (χ4v) is 2.65. The van der Waals surface area contributed by atoms with Gasteiger partial charge in [0, 0.05) is 5.56 Å². The molecule has 0 amide bonds. The Labute approximate surface area is 150 Å². The van der Waals surface area contributed by atoms with Crippen molar-refractivity contribution in [3.63, 3.8) is 0 Å². The normalized spacial score (nSPS) is 10.2. The summed E-state index contributed by atoms with van der Waals surface area (Å²) in [5.41, 5.74) is 1.42. The number of carboxylic acids is 1. The van der Waals surface area contributed by atoms with E-state index in [4.69, 9.17) is 9.47 Å². The van der Waals surface area contributed by atoms with Crippen molar-refractivity contribution >= 4 is 11.9 Å². The van der Waals surface area contributed by atoms with Gasteiger partial charge in [0.2, 0.25) is 0 Å². The molecule has 0 aliphatic heterocycles. The topological polar surface area (TPSA) is 72.8 Å². The van der Waals surface area contributed by atoms with Gasteiger partial charge in [-0.15, -0.1) is 0 Å². The van der Waals surface area contributed by atoms with Crippen LogP contribution in [0.5, 0.6) is 11.5 Å². The lowest BCUT2D eigenvalue weighted by atomic mass is 9.99. The fraction of sp³-hybridized carbons (Fsp3) is 0.0476. The van der Waals surface area contributed by atoms with Gasteiger partial charge in [0.1, 0.15) is 17.1 Å². The molecule has 5 nitrogen and oxygen atoms in total. The number of rotatable bonds is 5. The van der Waals surface area contributed by atoms with E-state index >= 15 is 0 Å². The molecule has 0 aliphatic rings. The van der Waals surface area contributed by atoms with Crippen molar-refractivity contribution < 1.29 is 24.2 Å². The summed E-state index contributed by atoms with van der Waals surface area (Å²) in [7, 11) is 1.48. The summed E-state index contributed by atoms with van der Waals surface area (Å²) in [5, 5.41) is 9.42. The van der Waals surface area contributed by atoms with Gasteiger partial charge in [-0.05, 0) is 29.8 Å². The maximum atomic E-state index is 12.6. The van der Waals surface area contributed by atoms with Gasteiger partial charge < -0.3 is 14.6 Å². The highest BCUT2D eigenvalue weighted by atomic mass is 16.5. The van der Waals surface area contributed by atoms with Crippen molar-refractivity contribution in [2.45, 2.75) is 0 Å². The molecule has 0 saturated heterocycles. The molecule has 0 unspecified atom stereocenters. The van der Waals surface area contributed by atoms with Gasteiger partial charge in [-0.25, -0.2) is 9.59 Å². The molecule has 3 aromatic carbocycles. The molecule has 0 fully saturated rings. The van der Waals surface area contributed by atoms with E-state index in [0.29, 0.717) is 16.9 Å². The number of benzene rings is 3. The minimum absolute atomic E-state index is 0.133. The van der Waals surface area contributed by atoms with Gasteiger partial charge >= 0.3 is 11.9 Å². The molecule has 0 bridgehead atoms. The summed E-state index contributed by atoms with van der Waals surface area (Å²) in [6, 6.07) is 20.1. The number of carbonyl (C=O) groups excluding carboxylic acids is 1. The number of aromatic carboxylic acids is 1. The van der Waals surface area contributed by atoms with Crippen LogP contribution in [0.4, 0.5) is 0 Å². The van der Waals surface area contributed by atoms with Crippen molar-refractivity contribution in [3.8, 4) is 22.6 Å². The lowest BCUT2D eigenvalue weighted by molar-refractivity contribution is 0.0696. The number of hydrogen-bond acceptors (Lipinski definition) is 4. The zero-order chi connectivity index (χ0) is 18.5. The Kier molecular flexibility index (Phi) is 4.99. The van der Waals surface area contributed by atoms with E-state index in [0.717, 1.165) is 0 Å². The monoisotopic (exact) mass is 348 g/mol. The van der Waals surface area contributed by atoms with E-state index in [1.165, 1.54) is 13.2 Å². The molecule has 5 heteroatoms. The maximum Gasteiger partial charge on any atom is 0.347 e. The molecule has 130 valence electrons. The zero-order valence-electron chi connectivity index (χ0n) is 14.0. The average molecular weight is 348 g/mol. The van der Waals surface area contributed by atoms with Gasteiger partial charge in [0.15, 0.2) is 0 Å². The van der Waals surface area contributed by atoms with E-state index in [1.807, 2.05) is 0 Å². The van der Waals surface area contributed by atoms with Gasteiger partial charge in [0.05, 0.1) is 12.7 Å². The molecular weight excluding hydrogens is 332 g/mol. The van der Waals surface area contributed by atoms with Crippen LogP contribution in [0.2, 0.25) is 0 Å². The predicted molar refractivity (Wildman–Crippen MR) is 96.8 cm³/mol. The molecule has 0 aliphatic carbocycles. The molecule has 0 saturated carbocycles. The van der Waals surface area contributed by atoms with Gasteiger partial charge in [0.25, 0.3) is 0 Å². The van der Waals surface area contributed by atoms with Gasteiger partial charge in [-0.2, -0.15) is 0 Å². The quantitative estimate of drug-likeness (QED) is 0.550. The maximum absolute atomic E-state index is 12.6. The first kappa shape index (κ1) is 17.2. The molecule has 0 heterocycles. The molecule has 0 spiro atoms. The lowest BCUT2D eigenvalue weighted by Gasteiger charge is -2.13. The molecule has 3 rings (SSSR count). The third-order valence-corrected chi connectivity index (χ3v) is 3.86. The Morgan fingerprint density at radius 1 is 0.731 bits per heavy atom. The van der Waals surface area contributed by atoms with Crippen LogP contribution in [-0.2, 0) is 0 Å². The van der Waals surface area contributed by atoms with Crippen LogP contribution < -0.4 is 9.47 Å². The highest BCUT2D eigenvalue weighted by Crippen LogP contribution is 2.33. The Bertz CT molecular complexity index is 962. The van der Waals surface area contributed by atoms with Crippen LogP contribution in [0.3, 0.4) is 0 Å². The van der Waals surface area contributed by atoms with Crippen molar-refractivity contribution in [3.05, 3.63) is 83.9 Å². The second-order valence-electron chi connectivity index (χ2n) is 5.44. The summed E-state index contributed by atoms with van der Waals surface area (Å²) in [6.07, 6.45) is 0. The summed E-state index contributed by atoms with van der Waals surface area (Å²) in [6.45, 7) is 0. The van der Waals surface area contributed by atoms with Crippen LogP contribution in [0, 0.1) is 0 Å². The Morgan fingerprint density at radius 2 is 1.27 bits per heavy atom. The number of carboxylic acid groups (broad SMARTS) is 1. The van der Waals surface area contributed by atoms with Crippen LogP contribution in [-0.4, -0.2) is 24.2 Å². The Balaban J connectivity index is 2.01. The van der Waals surface area contributed by atoms with Crippen molar-refractivity contribution in [2.75, 3.05) is 7.11 Å². The van der Waals surface area contributed by atoms with Crippen LogP contribution >= 0.6 is 0 Å². The van der Waals surface area contributed by atoms with E-state index < -0.39 is 11.9 Å². The Morgan fingerprint density at radius 3 is 1.92 bits per heavy atom. The smallest absolute Gasteiger partial charge is 0.347 e. The van der Waals surface area contributed by atoms with Crippen LogP contribution in [0.1, 0.15) is 20.7 Å². The number of methoxy groups -OCH3 is 1. The minimum atomic E-state index is -1.05. The standard InChI is InChI=1S/C21H16O5/c1-25-18-12-6-5-11-17(18)21(24)26-19-13-7-4-9-15(19)14-8-2-3-10-16(14)20(22)23/h2-13H,1H3,(H,22,23). The third kappa shape index (κ3) is 3.42. The minimum Gasteiger partial charge on any atom is -0.496 e. The molecule has 3 aromatic rings. The molecule has 0 aromatic heterocycles. The fourth-order valence-electron chi connectivity index (χ4n) is 2.65. The largest absolute Gasteiger partial charge is 0.496 e. The number of para-hydroxylation sites is 2. The van der Waals surface area contributed by atoms with E-state index in [9.17, 15) is 14.7 Å². The van der Waals surface area contributed by atoms with E-state index in [1.54, 1.807) is 66.7 Å². The first-order valence-corrected chi connectivity index (χ1v) is 7.88. The second-order valence-corrected chi connectivity index (χ2v) is 5.44. The third-order valence-electron chi connectivity index (χ3n) is 3.86. The van der Waals surface area contributed by atoms with Crippen LogP contribution in [0.15, 0.2) is 72.8 Å². The highest BCUT2D eigenvalue weighted by molar-refractivity contribution is 5.98. The summed E-state index contributed by atoms with van der Waals surface area (Å²) in [4.78, 5) is 24.1. The number of hydrogen-bond donors (Lipinski definition) is 1.